The third-order valence-corrected chi connectivity index (χ3v) is 10.8. The monoisotopic (exact) mass is 632 g/mol. The average molecular weight is 634 g/mol. The number of rotatable bonds is 8. The minimum absolute atomic E-state index is 0.0149. The molecule has 4 heterocycles. The molecule has 2 spiro atoms. The molecule has 3 fully saturated rings. The Morgan fingerprint density at radius 3 is 2.67 bits per heavy atom. The van der Waals surface area contributed by atoms with E-state index in [0.29, 0.717) is 36.5 Å². The molecule has 1 aromatic heterocycles. The van der Waals surface area contributed by atoms with Gasteiger partial charge in [-0.2, -0.15) is 0 Å². The van der Waals surface area contributed by atoms with Crippen LogP contribution in [0.1, 0.15) is 63.0 Å². The number of ether oxygens (including phenoxy) is 3. The van der Waals surface area contributed by atoms with Crippen LogP contribution in [0.4, 0.5) is 5.69 Å². The lowest BCUT2D eigenvalue weighted by Gasteiger charge is -2.50. The summed E-state index contributed by atoms with van der Waals surface area (Å²) in [6.07, 6.45) is 5.62. The molecule has 6 rings (SSSR count). The number of hydrogen-bond acceptors (Lipinski definition) is 8. The van der Waals surface area contributed by atoms with Crippen LogP contribution in [0.5, 0.6) is 0 Å². The van der Waals surface area contributed by atoms with Gasteiger partial charge in [-0.3, -0.25) is 10.1 Å². The van der Waals surface area contributed by atoms with E-state index in [4.69, 9.17) is 37.4 Å². The van der Waals surface area contributed by atoms with Crippen molar-refractivity contribution >= 4 is 34.8 Å². The topological polar surface area (TPSA) is 114 Å². The van der Waals surface area contributed by atoms with Gasteiger partial charge < -0.3 is 30.0 Å². The Balaban J connectivity index is 1.32. The molecule has 0 radical (unpaired) electrons. The van der Waals surface area contributed by atoms with Crippen molar-refractivity contribution in [3.05, 3.63) is 57.8 Å². The highest BCUT2D eigenvalue weighted by Gasteiger charge is 2.71. The molecule has 4 N–H and O–H groups in total. The highest BCUT2D eigenvalue weighted by molar-refractivity contribution is 6.31. The van der Waals surface area contributed by atoms with Crippen LogP contribution in [0.3, 0.4) is 0 Å². The lowest BCUT2D eigenvalue weighted by molar-refractivity contribution is -0.124. The molecule has 4 aliphatic rings. The standard InChI is InChI=1S/C32H42Cl2N4O5/c1-30(2)7-9-31(10-8-30)32(22-5-4-20(33)13-23(22)37-29(32)40)28(19-6-11-35-27(34)12-19)24(38-31)17-42-18-36-21-14-25(41-3)26(15-39)43-16-21/h4-6,11-13,21,24-26,28,36,38-39H,7-10,14-18H2,1-3H3,(H,37,40)/t21?,24-,25-,26+,28-,32+/m0/s1. The van der Waals surface area contributed by atoms with Gasteiger partial charge in [0.1, 0.15) is 16.7 Å². The maximum atomic E-state index is 14.5. The summed E-state index contributed by atoms with van der Waals surface area (Å²) >= 11 is 12.9. The Kier molecular flexibility index (Phi) is 8.83. The molecule has 234 valence electrons. The predicted molar refractivity (Wildman–Crippen MR) is 166 cm³/mol. The molecular weight excluding hydrogens is 591 g/mol. The fraction of sp³-hybridized carbons (Fsp3) is 0.625. The van der Waals surface area contributed by atoms with E-state index in [2.05, 4.69) is 34.8 Å². The van der Waals surface area contributed by atoms with Gasteiger partial charge in [-0.25, -0.2) is 4.98 Å². The van der Waals surface area contributed by atoms with Crippen molar-refractivity contribution in [2.75, 3.05) is 39.0 Å². The highest BCUT2D eigenvalue weighted by Crippen LogP contribution is 2.63. The Bertz CT molecular complexity index is 1330. The molecule has 1 saturated carbocycles. The van der Waals surface area contributed by atoms with Gasteiger partial charge in [0.15, 0.2) is 0 Å². The molecule has 1 amide bonds. The average Bonchev–Trinajstić information content (AvgIpc) is 3.43. The number of aromatic nitrogens is 1. The second kappa shape index (κ2) is 12.2. The first-order chi connectivity index (χ1) is 20.6. The number of fused-ring (bicyclic) bond motifs is 3. The van der Waals surface area contributed by atoms with Gasteiger partial charge >= 0.3 is 0 Å². The van der Waals surface area contributed by atoms with E-state index in [0.717, 1.165) is 42.5 Å². The number of pyridine rings is 1. The van der Waals surface area contributed by atoms with E-state index in [1.165, 1.54) is 0 Å². The maximum Gasteiger partial charge on any atom is 0.237 e. The third-order valence-electron chi connectivity index (χ3n) is 10.4. The molecule has 2 saturated heterocycles. The molecule has 1 unspecified atom stereocenters. The van der Waals surface area contributed by atoms with Crippen LogP contribution in [0, 0.1) is 5.41 Å². The van der Waals surface area contributed by atoms with E-state index in [-0.39, 0.29) is 48.1 Å². The van der Waals surface area contributed by atoms with Gasteiger partial charge in [-0.05, 0) is 72.9 Å². The zero-order valence-electron chi connectivity index (χ0n) is 25.0. The van der Waals surface area contributed by atoms with Crippen LogP contribution in [0.2, 0.25) is 10.2 Å². The number of halogens is 2. The Labute approximate surface area is 263 Å². The largest absolute Gasteiger partial charge is 0.394 e. The van der Waals surface area contributed by atoms with Crippen LogP contribution >= 0.6 is 23.2 Å². The van der Waals surface area contributed by atoms with Gasteiger partial charge in [0, 0.05) is 47.6 Å². The van der Waals surface area contributed by atoms with Gasteiger partial charge in [0.05, 0.1) is 32.7 Å². The smallest absolute Gasteiger partial charge is 0.237 e. The number of aliphatic hydroxyl groups is 1. The molecule has 3 aliphatic heterocycles. The Hall–Kier alpha value is -1.82. The lowest BCUT2D eigenvalue weighted by Crippen LogP contribution is -2.61. The first kappa shape index (κ1) is 31.2. The predicted octanol–water partition coefficient (Wildman–Crippen LogP) is 4.40. The number of amides is 1. The summed E-state index contributed by atoms with van der Waals surface area (Å²) in [6.45, 7) is 5.70. The molecular formula is C32H42Cl2N4O5. The zero-order valence-corrected chi connectivity index (χ0v) is 26.5. The summed E-state index contributed by atoms with van der Waals surface area (Å²) < 4.78 is 17.6. The van der Waals surface area contributed by atoms with E-state index in [1.54, 1.807) is 13.3 Å². The van der Waals surface area contributed by atoms with Crippen LogP contribution in [0.15, 0.2) is 36.5 Å². The first-order valence-electron chi connectivity index (χ1n) is 15.2. The Morgan fingerprint density at radius 1 is 1.16 bits per heavy atom. The maximum absolute atomic E-state index is 14.5. The fourth-order valence-electron chi connectivity index (χ4n) is 8.14. The zero-order chi connectivity index (χ0) is 30.4. The normalized spacial score (nSPS) is 32.7. The molecule has 1 aromatic carbocycles. The minimum Gasteiger partial charge on any atom is -0.394 e. The van der Waals surface area contributed by atoms with E-state index in [1.807, 2.05) is 30.3 Å². The number of hydrogen-bond donors (Lipinski definition) is 4. The fourth-order valence-corrected chi connectivity index (χ4v) is 8.49. The molecule has 9 nitrogen and oxygen atoms in total. The van der Waals surface area contributed by atoms with E-state index < -0.39 is 11.0 Å². The van der Waals surface area contributed by atoms with Crippen LogP contribution in [-0.2, 0) is 24.4 Å². The summed E-state index contributed by atoms with van der Waals surface area (Å²) in [5.74, 6) is -0.281. The summed E-state index contributed by atoms with van der Waals surface area (Å²) in [4.78, 5) is 18.8. The van der Waals surface area contributed by atoms with Gasteiger partial charge in [-0.1, -0.05) is 43.1 Å². The van der Waals surface area contributed by atoms with Crippen molar-refractivity contribution in [2.45, 2.75) is 87.1 Å². The second-order valence-electron chi connectivity index (χ2n) is 13.3. The summed E-state index contributed by atoms with van der Waals surface area (Å²) in [6, 6.07) is 9.48. The molecule has 1 aliphatic carbocycles. The number of carbonyl (C=O) groups is 1. The van der Waals surface area contributed by atoms with Crippen LogP contribution in [-0.4, -0.2) is 79.5 Å². The van der Waals surface area contributed by atoms with Gasteiger partial charge in [-0.15, -0.1) is 0 Å². The van der Waals surface area contributed by atoms with Gasteiger partial charge in [0.25, 0.3) is 0 Å². The number of nitrogens with one attached hydrogen (secondary N) is 3. The van der Waals surface area contributed by atoms with Crippen molar-refractivity contribution in [1.29, 1.82) is 0 Å². The van der Waals surface area contributed by atoms with E-state index in [9.17, 15) is 9.90 Å². The van der Waals surface area contributed by atoms with Crippen molar-refractivity contribution in [1.82, 2.24) is 15.6 Å². The number of carbonyl (C=O) groups excluding carboxylic acids is 1. The van der Waals surface area contributed by atoms with E-state index >= 15 is 0 Å². The highest BCUT2D eigenvalue weighted by atomic mass is 35.5. The molecule has 6 atom stereocenters. The SMILES string of the molecule is CO[C@H]1CC(NCOC[C@@H]2NC3(CCC(C)(C)CC3)[C@@]3(C(=O)Nc4cc(Cl)ccc43)[C@H]2c2ccnc(Cl)c2)CO[C@@H]1CO. The molecule has 0 bridgehead atoms. The first-order valence-corrected chi connectivity index (χ1v) is 15.9. The summed E-state index contributed by atoms with van der Waals surface area (Å²) in [7, 11) is 1.64. The van der Waals surface area contributed by atoms with Crippen LogP contribution in [0.25, 0.3) is 0 Å². The summed E-state index contributed by atoms with van der Waals surface area (Å²) in [5.41, 5.74) is 1.50. The van der Waals surface area contributed by atoms with Gasteiger partial charge in [0.2, 0.25) is 5.91 Å². The Morgan fingerprint density at radius 2 is 1.95 bits per heavy atom. The number of methoxy groups -OCH3 is 1. The van der Waals surface area contributed by atoms with Crippen molar-refractivity contribution < 1.29 is 24.1 Å². The lowest BCUT2D eigenvalue weighted by atomic mass is 9.53. The number of nitrogens with zero attached hydrogens (tertiary/aromatic N) is 1. The number of benzene rings is 1. The summed E-state index contributed by atoms with van der Waals surface area (Å²) in [5, 5.41) is 21.2. The van der Waals surface area contributed by atoms with Crippen LogP contribution < -0.4 is 16.0 Å². The molecule has 43 heavy (non-hydrogen) atoms. The number of aliphatic hydroxyl groups excluding tert-OH is 1. The van der Waals surface area contributed by atoms with Crippen molar-refractivity contribution in [2.24, 2.45) is 5.41 Å². The van der Waals surface area contributed by atoms with Crippen molar-refractivity contribution in [3.8, 4) is 0 Å². The van der Waals surface area contributed by atoms with Crippen molar-refractivity contribution in [3.63, 3.8) is 0 Å². The quantitative estimate of drug-likeness (QED) is 0.192. The number of anilines is 1. The molecule has 11 heteroatoms. The minimum atomic E-state index is -0.891. The third kappa shape index (κ3) is 5.50. The molecule has 2 aromatic rings. The second-order valence-corrected chi connectivity index (χ2v) is 14.1.